The summed E-state index contributed by atoms with van der Waals surface area (Å²) in [5, 5.41) is 2.57. The zero-order chi connectivity index (χ0) is 10.9. The molecular formula is C9H23Cl2N3O. The Kier molecular flexibility index (Phi) is 26.0. The molecule has 0 aromatic carbocycles. The fourth-order valence-electron chi connectivity index (χ4n) is 0.337. The lowest BCUT2D eigenvalue weighted by atomic mass is 10.3. The molecule has 15 heavy (non-hydrogen) atoms. The Labute approximate surface area is 105 Å². The van der Waals surface area contributed by atoms with Gasteiger partial charge in [0, 0.05) is 18.7 Å². The van der Waals surface area contributed by atoms with Gasteiger partial charge in [0.1, 0.15) is 0 Å². The van der Waals surface area contributed by atoms with E-state index in [2.05, 4.69) is 11.9 Å². The van der Waals surface area contributed by atoms with Gasteiger partial charge >= 0.3 is 0 Å². The topological polar surface area (TPSA) is 58.4 Å². The highest BCUT2D eigenvalue weighted by atomic mass is 35.5. The van der Waals surface area contributed by atoms with Crippen LogP contribution in [0.2, 0.25) is 0 Å². The minimum absolute atomic E-state index is 0. The molecule has 0 fully saturated rings. The standard InChI is InChI=1S/C6H12N2O.C3H9N.2ClH/c1-5(2)6(9)8-4-3-7;1-4(2)3;;/h1,3-4,7H2,2H3,(H,8,9);1-3H3;2*1H. The molecule has 6 heteroatoms. The maximum atomic E-state index is 10.6. The number of nitrogens with two attached hydrogens (primary N) is 1. The number of nitrogens with zero attached hydrogens (tertiary/aromatic N) is 1. The van der Waals surface area contributed by atoms with E-state index in [1.807, 2.05) is 26.0 Å². The smallest absolute Gasteiger partial charge is 0.246 e. The van der Waals surface area contributed by atoms with Gasteiger partial charge in [-0.15, -0.1) is 24.8 Å². The first kappa shape index (κ1) is 24.1. The highest BCUT2D eigenvalue weighted by molar-refractivity contribution is 5.92. The molecule has 0 rings (SSSR count). The summed E-state index contributed by atoms with van der Waals surface area (Å²) in [5.74, 6) is -0.125. The van der Waals surface area contributed by atoms with Gasteiger partial charge in [0.25, 0.3) is 0 Å². The van der Waals surface area contributed by atoms with Gasteiger partial charge in [0.2, 0.25) is 5.91 Å². The van der Waals surface area contributed by atoms with E-state index in [0.717, 1.165) is 0 Å². The normalized spacial score (nSPS) is 7.60. The van der Waals surface area contributed by atoms with Gasteiger partial charge in [-0.3, -0.25) is 4.79 Å². The molecule has 0 aromatic heterocycles. The molecule has 0 saturated heterocycles. The zero-order valence-corrected chi connectivity index (χ0v) is 11.5. The van der Waals surface area contributed by atoms with Crippen molar-refractivity contribution in [2.75, 3.05) is 34.2 Å². The summed E-state index contributed by atoms with van der Waals surface area (Å²) in [4.78, 5) is 12.6. The van der Waals surface area contributed by atoms with Crippen LogP contribution in [-0.4, -0.2) is 45.0 Å². The number of amides is 1. The monoisotopic (exact) mass is 259 g/mol. The van der Waals surface area contributed by atoms with Crippen molar-refractivity contribution in [1.82, 2.24) is 10.2 Å². The van der Waals surface area contributed by atoms with Crippen LogP contribution in [0.3, 0.4) is 0 Å². The van der Waals surface area contributed by atoms with Crippen LogP contribution < -0.4 is 11.1 Å². The Morgan fingerprint density at radius 3 is 1.87 bits per heavy atom. The number of hydrogen-bond acceptors (Lipinski definition) is 3. The molecular weight excluding hydrogens is 237 g/mol. The molecule has 0 spiro atoms. The second-order valence-corrected chi connectivity index (χ2v) is 3.17. The van der Waals surface area contributed by atoms with Crippen LogP contribution in [0.15, 0.2) is 12.2 Å². The second kappa shape index (κ2) is 16.2. The highest BCUT2D eigenvalue weighted by Gasteiger charge is 1.96. The van der Waals surface area contributed by atoms with E-state index in [4.69, 9.17) is 5.73 Å². The van der Waals surface area contributed by atoms with Gasteiger partial charge in [0.05, 0.1) is 0 Å². The third-order valence-corrected chi connectivity index (χ3v) is 0.818. The van der Waals surface area contributed by atoms with Gasteiger partial charge in [-0.2, -0.15) is 0 Å². The van der Waals surface area contributed by atoms with Crippen LogP contribution in [0.5, 0.6) is 0 Å². The summed E-state index contributed by atoms with van der Waals surface area (Å²) in [5.41, 5.74) is 5.65. The van der Waals surface area contributed by atoms with Crippen molar-refractivity contribution in [3.63, 3.8) is 0 Å². The number of carbonyl (C=O) groups is 1. The van der Waals surface area contributed by atoms with Crippen molar-refractivity contribution in [3.8, 4) is 0 Å². The minimum Gasteiger partial charge on any atom is -0.351 e. The van der Waals surface area contributed by atoms with Crippen molar-refractivity contribution in [1.29, 1.82) is 0 Å². The molecule has 0 heterocycles. The van der Waals surface area contributed by atoms with E-state index in [9.17, 15) is 4.79 Å². The Bertz CT molecular complexity index is 161. The second-order valence-electron chi connectivity index (χ2n) is 3.17. The molecule has 4 nitrogen and oxygen atoms in total. The molecule has 1 amide bonds. The fraction of sp³-hybridized carbons (Fsp3) is 0.667. The molecule has 0 bridgehead atoms. The van der Waals surface area contributed by atoms with Gasteiger partial charge in [-0.1, -0.05) is 6.58 Å². The summed E-state index contributed by atoms with van der Waals surface area (Å²) in [6, 6.07) is 0. The van der Waals surface area contributed by atoms with Crippen molar-refractivity contribution in [3.05, 3.63) is 12.2 Å². The Balaban J connectivity index is -0.0000000883. The van der Waals surface area contributed by atoms with Crippen molar-refractivity contribution in [2.45, 2.75) is 6.92 Å². The molecule has 0 unspecified atom stereocenters. The number of nitrogens with one attached hydrogen (secondary N) is 1. The maximum absolute atomic E-state index is 10.6. The summed E-state index contributed by atoms with van der Waals surface area (Å²) in [6.07, 6.45) is 0. The average Bonchev–Trinajstić information content (AvgIpc) is 1.98. The molecule has 0 aliphatic heterocycles. The minimum atomic E-state index is -0.125. The van der Waals surface area contributed by atoms with E-state index in [1.54, 1.807) is 6.92 Å². The number of rotatable bonds is 3. The lowest BCUT2D eigenvalue weighted by Crippen LogP contribution is -2.29. The predicted molar refractivity (Wildman–Crippen MR) is 71.0 cm³/mol. The van der Waals surface area contributed by atoms with Crippen LogP contribution in [0, 0.1) is 0 Å². The van der Waals surface area contributed by atoms with Crippen LogP contribution in [-0.2, 0) is 4.79 Å². The Hall–Kier alpha value is -0.290. The molecule has 3 N–H and O–H groups in total. The van der Waals surface area contributed by atoms with E-state index >= 15 is 0 Å². The fourth-order valence-corrected chi connectivity index (χ4v) is 0.337. The Morgan fingerprint density at radius 2 is 1.67 bits per heavy atom. The Morgan fingerprint density at radius 1 is 1.33 bits per heavy atom. The molecule has 0 aliphatic rings. The molecule has 0 atom stereocenters. The number of hydrogen-bond donors (Lipinski definition) is 2. The van der Waals surface area contributed by atoms with Crippen LogP contribution in [0.25, 0.3) is 0 Å². The summed E-state index contributed by atoms with van der Waals surface area (Å²) >= 11 is 0. The first-order valence-corrected chi connectivity index (χ1v) is 4.16. The summed E-state index contributed by atoms with van der Waals surface area (Å²) in [6.45, 7) is 6.10. The molecule has 0 aliphatic carbocycles. The van der Waals surface area contributed by atoms with Crippen molar-refractivity contribution in [2.24, 2.45) is 5.73 Å². The van der Waals surface area contributed by atoms with Crippen LogP contribution >= 0.6 is 24.8 Å². The van der Waals surface area contributed by atoms with Gasteiger partial charge in [-0.05, 0) is 28.1 Å². The third-order valence-electron chi connectivity index (χ3n) is 0.818. The van der Waals surface area contributed by atoms with Crippen LogP contribution in [0.1, 0.15) is 6.92 Å². The maximum Gasteiger partial charge on any atom is 0.246 e. The van der Waals surface area contributed by atoms with Crippen molar-refractivity contribution >= 4 is 30.7 Å². The summed E-state index contributed by atoms with van der Waals surface area (Å²) < 4.78 is 0. The zero-order valence-electron chi connectivity index (χ0n) is 9.87. The average molecular weight is 260 g/mol. The predicted octanol–water partition coefficient (Wildman–Crippen LogP) is 0.659. The summed E-state index contributed by atoms with van der Waals surface area (Å²) in [7, 11) is 6.00. The largest absolute Gasteiger partial charge is 0.351 e. The molecule has 0 radical (unpaired) electrons. The molecule has 0 saturated carbocycles. The molecule has 94 valence electrons. The van der Waals surface area contributed by atoms with E-state index < -0.39 is 0 Å². The van der Waals surface area contributed by atoms with Gasteiger partial charge in [-0.25, -0.2) is 0 Å². The first-order chi connectivity index (χ1) is 5.91. The quantitative estimate of drug-likeness (QED) is 0.733. The lowest BCUT2D eigenvalue weighted by molar-refractivity contribution is -0.117. The number of halogens is 2. The lowest BCUT2D eigenvalue weighted by Gasteiger charge is -1.99. The molecule has 0 aromatic rings. The highest BCUT2D eigenvalue weighted by Crippen LogP contribution is 1.82. The first-order valence-electron chi connectivity index (χ1n) is 4.16. The van der Waals surface area contributed by atoms with Gasteiger partial charge < -0.3 is 16.0 Å². The third kappa shape index (κ3) is 31.6. The van der Waals surface area contributed by atoms with E-state index in [0.29, 0.717) is 18.7 Å². The SMILES string of the molecule is C=C(C)C(=O)NCCN.CN(C)C.Cl.Cl. The van der Waals surface area contributed by atoms with Crippen LogP contribution in [0.4, 0.5) is 0 Å². The van der Waals surface area contributed by atoms with Crippen molar-refractivity contribution < 1.29 is 4.79 Å². The van der Waals surface area contributed by atoms with E-state index in [-0.39, 0.29) is 30.7 Å². The van der Waals surface area contributed by atoms with Gasteiger partial charge in [0.15, 0.2) is 0 Å². The number of carbonyl (C=O) groups excluding carboxylic acids is 1. The van der Waals surface area contributed by atoms with E-state index in [1.165, 1.54) is 0 Å².